The van der Waals surface area contributed by atoms with E-state index in [1.165, 1.54) is 0 Å². The first-order valence-corrected chi connectivity index (χ1v) is 9.37. The van der Waals surface area contributed by atoms with Crippen LogP contribution >= 0.6 is 0 Å². The van der Waals surface area contributed by atoms with E-state index in [4.69, 9.17) is 9.47 Å². The van der Waals surface area contributed by atoms with E-state index < -0.39 is 0 Å². The smallest absolute Gasteiger partial charge is 0.338 e. The standard InChI is InChI=1S/C23H27NO3/c1-3-27-23(25)20-12-14-21(15-13-20)24-18-8-6-4-5-7-9-19-10-16-22(26-2)17-11-19/h10-17,24H,3-6,8,18H2,1-2H3. The largest absolute Gasteiger partial charge is 0.497 e. The van der Waals surface area contributed by atoms with Gasteiger partial charge in [0.1, 0.15) is 5.75 Å². The number of carbonyl (C=O) groups excluding carboxylic acids is 1. The Morgan fingerprint density at radius 2 is 1.74 bits per heavy atom. The molecule has 0 unspecified atom stereocenters. The summed E-state index contributed by atoms with van der Waals surface area (Å²) in [4.78, 5) is 11.6. The van der Waals surface area contributed by atoms with Crippen LogP contribution in [-0.4, -0.2) is 26.2 Å². The zero-order valence-electron chi connectivity index (χ0n) is 16.1. The third kappa shape index (κ3) is 7.45. The van der Waals surface area contributed by atoms with Crippen LogP contribution in [0.3, 0.4) is 0 Å². The van der Waals surface area contributed by atoms with E-state index >= 15 is 0 Å². The summed E-state index contributed by atoms with van der Waals surface area (Å²) in [6.45, 7) is 3.10. The molecule has 0 aliphatic rings. The fourth-order valence-electron chi connectivity index (χ4n) is 2.53. The molecule has 0 amide bonds. The first-order valence-electron chi connectivity index (χ1n) is 9.37. The number of benzene rings is 2. The predicted octanol–water partition coefficient (Wildman–Crippen LogP) is 4.90. The summed E-state index contributed by atoms with van der Waals surface area (Å²) in [7, 11) is 1.66. The van der Waals surface area contributed by atoms with E-state index in [0.29, 0.717) is 12.2 Å². The minimum Gasteiger partial charge on any atom is -0.497 e. The lowest BCUT2D eigenvalue weighted by Crippen LogP contribution is -2.05. The Kier molecular flexibility index (Phi) is 8.79. The Morgan fingerprint density at radius 3 is 2.41 bits per heavy atom. The number of nitrogens with one attached hydrogen (secondary N) is 1. The van der Waals surface area contributed by atoms with Gasteiger partial charge in [-0.25, -0.2) is 4.79 Å². The fraction of sp³-hybridized carbons (Fsp3) is 0.348. The highest BCUT2D eigenvalue weighted by atomic mass is 16.5. The van der Waals surface area contributed by atoms with Gasteiger partial charge in [0.25, 0.3) is 0 Å². The molecule has 4 heteroatoms. The van der Waals surface area contributed by atoms with Crippen molar-refractivity contribution in [1.29, 1.82) is 0 Å². The van der Waals surface area contributed by atoms with E-state index in [1.54, 1.807) is 26.2 Å². The van der Waals surface area contributed by atoms with Gasteiger partial charge in [0.05, 0.1) is 19.3 Å². The number of unbranched alkanes of at least 4 members (excludes halogenated alkanes) is 3. The van der Waals surface area contributed by atoms with Crippen molar-refractivity contribution in [2.75, 3.05) is 25.6 Å². The summed E-state index contributed by atoms with van der Waals surface area (Å²) in [5.74, 6) is 6.97. The third-order valence-corrected chi connectivity index (χ3v) is 4.03. The predicted molar refractivity (Wildman–Crippen MR) is 109 cm³/mol. The molecule has 0 heterocycles. The molecule has 0 aliphatic heterocycles. The first-order chi connectivity index (χ1) is 13.2. The number of methoxy groups -OCH3 is 1. The number of ether oxygens (including phenoxy) is 2. The average molecular weight is 365 g/mol. The molecule has 2 aromatic rings. The van der Waals surface area contributed by atoms with E-state index in [0.717, 1.165) is 49.2 Å². The number of esters is 1. The molecule has 0 aromatic heterocycles. The summed E-state index contributed by atoms with van der Waals surface area (Å²) in [5, 5.41) is 3.37. The Labute approximate surface area is 161 Å². The van der Waals surface area contributed by atoms with Crippen LogP contribution in [0.2, 0.25) is 0 Å². The highest BCUT2D eigenvalue weighted by Crippen LogP contribution is 2.12. The monoisotopic (exact) mass is 365 g/mol. The molecule has 0 spiro atoms. The zero-order chi connectivity index (χ0) is 19.3. The minimum absolute atomic E-state index is 0.278. The van der Waals surface area contributed by atoms with Crippen LogP contribution in [0.15, 0.2) is 48.5 Å². The summed E-state index contributed by atoms with van der Waals surface area (Å²) < 4.78 is 10.1. The van der Waals surface area contributed by atoms with Gasteiger partial charge in [-0.05, 0) is 68.3 Å². The van der Waals surface area contributed by atoms with Gasteiger partial charge in [-0.15, -0.1) is 0 Å². The Morgan fingerprint density at radius 1 is 1.00 bits per heavy atom. The van der Waals surface area contributed by atoms with Crippen LogP contribution in [0, 0.1) is 11.8 Å². The fourth-order valence-corrected chi connectivity index (χ4v) is 2.53. The number of rotatable bonds is 9. The molecule has 2 rings (SSSR count). The van der Waals surface area contributed by atoms with Crippen molar-refractivity contribution in [3.8, 4) is 17.6 Å². The van der Waals surface area contributed by atoms with E-state index in [9.17, 15) is 4.79 Å². The van der Waals surface area contributed by atoms with E-state index in [2.05, 4.69) is 17.2 Å². The van der Waals surface area contributed by atoms with Crippen molar-refractivity contribution in [3.05, 3.63) is 59.7 Å². The molecule has 0 saturated heterocycles. The normalized spacial score (nSPS) is 9.85. The summed E-state index contributed by atoms with van der Waals surface area (Å²) in [6.07, 6.45) is 4.21. The minimum atomic E-state index is -0.278. The van der Waals surface area contributed by atoms with Gasteiger partial charge in [-0.3, -0.25) is 0 Å². The molecule has 0 atom stereocenters. The maximum atomic E-state index is 11.6. The maximum absolute atomic E-state index is 11.6. The second-order valence-corrected chi connectivity index (χ2v) is 6.07. The molecule has 27 heavy (non-hydrogen) atoms. The first kappa shape index (κ1) is 20.4. The van der Waals surface area contributed by atoms with Crippen molar-refractivity contribution < 1.29 is 14.3 Å². The highest BCUT2D eigenvalue weighted by Gasteiger charge is 2.05. The molecule has 1 N–H and O–H groups in total. The molecule has 2 aromatic carbocycles. The van der Waals surface area contributed by atoms with Crippen LogP contribution in [0.4, 0.5) is 5.69 Å². The topological polar surface area (TPSA) is 47.6 Å². The van der Waals surface area contributed by atoms with Crippen molar-refractivity contribution in [2.24, 2.45) is 0 Å². The van der Waals surface area contributed by atoms with Crippen molar-refractivity contribution in [2.45, 2.75) is 32.6 Å². The van der Waals surface area contributed by atoms with Crippen LogP contribution in [0.5, 0.6) is 5.75 Å². The van der Waals surface area contributed by atoms with Crippen LogP contribution in [0.25, 0.3) is 0 Å². The quantitative estimate of drug-likeness (QED) is 0.390. The van der Waals surface area contributed by atoms with Crippen LogP contribution in [0.1, 0.15) is 48.5 Å². The number of carbonyl (C=O) groups is 1. The van der Waals surface area contributed by atoms with Crippen molar-refractivity contribution in [1.82, 2.24) is 0 Å². The highest BCUT2D eigenvalue weighted by molar-refractivity contribution is 5.89. The Balaban J connectivity index is 1.59. The molecular formula is C23H27NO3. The lowest BCUT2D eigenvalue weighted by Gasteiger charge is -2.07. The number of hydrogen-bond acceptors (Lipinski definition) is 4. The lowest BCUT2D eigenvalue weighted by molar-refractivity contribution is 0.0526. The van der Waals surface area contributed by atoms with Crippen molar-refractivity contribution >= 4 is 11.7 Å². The van der Waals surface area contributed by atoms with Crippen LogP contribution in [-0.2, 0) is 4.74 Å². The molecule has 0 radical (unpaired) electrons. The van der Waals surface area contributed by atoms with Gasteiger partial charge >= 0.3 is 5.97 Å². The van der Waals surface area contributed by atoms with Gasteiger partial charge in [0.15, 0.2) is 0 Å². The van der Waals surface area contributed by atoms with E-state index in [1.807, 2.05) is 36.4 Å². The van der Waals surface area contributed by atoms with Crippen molar-refractivity contribution in [3.63, 3.8) is 0 Å². The average Bonchev–Trinajstić information content (AvgIpc) is 2.71. The van der Waals surface area contributed by atoms with Crippen LogP contribution < -0.4 is 10.1 Å². The molecule has 0 bridgehead atoms. The summed E-state index contributed by atoms with van der Waals surface area (Å²) >= 11 is 0. The van der Waals surface area contributed by atoms with Gasteiger partial charge in [-0.2, -0.15) is 0 Å². The third-order valence-electron chi connectivity index (χ3n) is 4.03. The second-order valence-electron chi connectivity index (χ2n) is 6.07. The maximum Gasteiger partial charge on any atom is 0.338 e. The molecule has 4 nitrogen and oxygen atoms in total. The number of anilines is 1. The zero-order valence-corrected chi connectivity index (χ0v) is 16.1. The SMILES string of the molecule is CCOC(=O)c1ccc(NCCCCCC#Cc2ccc(OC)cc2)cc1. The lowest BCUT2D eigenvalue weighted by atomic mass is 10.1. The Hall–Kier alpha value is -2.93. The second kappa shape index (κ2) is 11.6. The van der Waals surface area contributed by atoms with E-state index in [-0.39, 0.29) is 5.97 Å². The molecule has 0 aliphatic carbocycles. The Bertz CT molecular complexity index is 755. The summed E-state index contributed by atoms with van der Waals surface area (Å²) in [5.41, 5.74) is 2.61. The molecule has 0 fully saturated rings. The summed E-state index contributed by atoms with van der Waals surface area (Å²) in [6, 6.07) is 15.2. The van der Waals surface area contributed by atoms with Gasteiger partial charge < -0.3 is 14.8 Å². The molecule has 0 saturated carbocycles. The molecular weight excluding hydrogens is 338 g/mol. The van der Waals surface area contributed by atoms with Gasteiger partial charge in [0.2, 0.25) is 0 Å². The van der Waals surface area contributed by atoms with Gasteiger partial charge in [0, 0.05) is 24.2 Å². The van der Waals surface area contributed by atoms with Gasteiger partial charge in [-0.1, -0.05) is 18.3 Å². The molecule has 142 valence electrons. The number of hydrogen-bond donors (Lipinski definition) is 1.